The molecule has 31 heavy (non-hydrogen) atoms. The molecule has 5 aromatic rings. The highest BCUT2D eigenvalue weighted by Crippen LogP contribution is 2.31. The third kappa shape index (κ3) is 3.98. The highest BCUT2D eigenvalue weighted by molar-refractivity contribution is 6.05. The lowest BCUT2D eigenvalue weighted by Crippen LogP contribution is -2.33. The number of para-hydroxylation sites is 1. The molecule has 5 nitrogen and oxygen atoms in total. The molecule has 1 unspecified atom stereocenters. The molecule has 0 radical (unpaired) electrons. The van der Waals surface area contributed by atoms with E-state index in [-0.39, 0.29) is 18.6 Å². The first-order valence-electron chi connectivity index (χ1n) is 10.1. The number of benzene rings is 3. The molecule has 5 heteroatoms. The number of hydrogen-bond acceptors (Lipinski definition) is 4. The summed E-state index contributed by atoms with van der Waals surface area (Å²) in [6, 6.07) is 28.5. The Morgan fingerprint density at radius 2 is 1.65 bits per heavy atom. The summed E-state index contributed by atoms with van der Waals surface area (Å²) in [7, 11) is 0. The van der Waals surface area contributed by atoms with Crippen LogP contribution >= 0.6 is 0 Å². The molecule has 2 heterocycles. The first kappa shape index (κ1) is 18.9. The Bertz CT molecular complexity index is 1290. The van der Waals surface area contributed by atoms with Crippen LogP contribution in [0, 0.1) is 0 Å². The van der Waals surface area contributed by atoms with E-state index < -0.39 is 0 Å². The van der Waals surface area contributed by atoms with E-state index in [4.69, 9.17) is 9.15 Å². The van der Waals surface area contributed by atoms with Crippen LogP contribution in [0.2, 0.25) is 0 Å². The average molecular weight is 408 g/mol. The predicted octanol–water partition coefficient (Wildman–Crippen LogP) is 5.27. The van der Waals surface area contributed by atoms with Gasteiger partial charge in [0, 0.05) is 17.0 Å². The van der Waals surface area contributed by atoms with E-state index in [2.05, 4.69) is 10.3 Å². The van der Waals surface area contributed by atoms with Crippen LogP contribution in [0.4, 0.5) is 0 Å². The van der Waals surface area contributed by atoms with Crippen LogP contribution in [-0.2, 0) is 4.79 Å². The number of fused-ring (bicyclic) bond motifs is 3. The van der Waals surface area contributed by atoms with Crippen LogP contribution in [0.15, 0.2) is 102 Å². The summed E-state index contributed by atoms with van der Waals surface area (Å²) in [5, 5.41) is 5.02. The lowest BCUT2D eigenvalue weighted by molar-refractivity contribution is -0.123. The van der Waals surface area contributed by atoms with Gasteiger partial charge >= 0.3 is 0 Å². The maximum atomic E-state index is 12.7. The van der Waals surface area contributed by atoms with Crippen LogP contribution in [0.5, 0.6) is 5.75 Å². The SMILES string of the molecule is O=C(COc1ccc2oc3ccccc3c2c1)NC(c1ccccc1)c1ccccn1. The van der Waals surface area contributed by atoms with Crippen molar-refractivity contribution < 1.29 is 13.9 Å². The van der Waals surface area contributed by atoms with E-state index in [9.17, 15) is 4.79 Å². The molecule has 0 aliphatic rings. The second-order valence-corrected chi connectivity index (χ2v) is 7.21. The second-order valence-electron chi connectivity index (χ2n) is 7.21. The van der Waals surface area contributed by atoms with Crippen LogP contribution < -0.4 is 10.1 Å². The molecule has 0 fully saturated rings. The molecule has 5 rings (SSSR count). The Balaban J connectivity index is 1.33. The summed E-state index contributed by atoms with van der Waals surface area (Å²) in [6.45, 7) is -0.0997. The van der Waals surface area contributed by atoms with Crippen molar-refractivity contribution in [2.45, 2.75) is 6.04 Å². The summed E-state index contributed by atoms with van der Waals surface area (Å²) in [6.07, 6.45) is 1.72. The molecule has 1 N–H and O–H groups in total. The minimum Gasteiger partial charge on any atom is -0.484 e. The topological polar surface area (TPSA) is 64.4 Å². The van der Waals surface area contributed by atoms with Crippen LogP contribution in [0.3, 0.4) is 0 Å². The molecule has 3 aromatic carbocycles. The fourth-order valence-electron chi connectivity index (χ4n) is 3.67. The van der Waals surface area contributed by atoms with Gasteiger partial charge in [-0.1, -0.05) is 54.6 Å². The summed E-state index contributed by atoms with van der Waals surface area (Å²) < 4.78 is 11.6. The molecule has 1 atom stereocenters. The van der Waals surface area contributed by atoms with Crippen molar-refractivity contribution in [3.8, 4) is 5.75 Å². The van der Waals surface area contributed by atoms with Crippen LogP contribution in [-0.4, -0.2) is 17.5 Å². The van der Waals surface area contributed by atoms with Gasteiger partial charge in [0.1, 0.15) is 16.9 Å². The third-order valence-electron chi connectivity index (χ3n) is 5.14. The van der Waals surface area contributed by atoms with Crippen molar-refractivity contribution in [3.05, 3.63) is 108 Å². The number of carbonyl (C=O) groups excluding carboxylic acids is 1. The van der Waals surface area contributed by atoms with Gasteiger partial charge in [-0.15, -0.1) is 0 Å². The first-order chi connectivity index (χ1) is 15.3. The molecular formula is C26H20N2O3. The number of carbonyl (C=O) groups is 1. The van der Waals surface area contributed by atoms with Gasteiger partial charge in [-0.05, 0) is 42.0 Å². The van der Waals surface area contributed by atoms with E-state index in [1.807, 2.05) is 91.0 Å². The Morgan fingerprint density at radius 1 is 0.871 bits per heavy atom. The molecule has 0 aliphatic heterocycles. The second kappa shape index (κ2) is 8.32. The summed E-state index contributed by atoms with van der Waals surface area (Å²) in [5.74, 6) is 0.389. The Hall–Kier alpha value is -4.12. The molecule has 1 amide bonds. The largest absolute Gasteiger partial charge is 0.484 e. The van der Waals surface area contributed by atoms with Crippen molar-refractivity contribution in [1.82, 2.24) is 10.3 Å². The van der Waals surface area contributed by atoms with Gasteiger partial charge in [0.05, 0.1) is 11.7 Å². The van der Waals surface area contributed by atoms with Crippen molar-refractivity contribution in [3.63, 3.8) is 0 Å². The van der Waals surface area contributed by atoms with Gasteiger partial charge in [-0.2, -0.15) is 0 Å². The Kier molecular flexibility index (Phi) is 5.07. The number of pyridine rings is 1. The number of furan rings is 1. The highest BCUT2D eigenvalue weighted by Gasteiger charge is 2.18. The molecule has 0 bridgehead atoms. The van der Waals surface area contributed by atoms with Gasteiger partial charge in [-0.25, -0.2) is 0 Å². The van der Waals surface area contributed by atoms with Gasteiger partial charge in [0.15, 0.2) is 6.61 Å². The standard InChI is InChI=1S/C26H20N2O3/c29-25(28-26(18-8-2-1-3-9-18)22-11-6-7-15-27-22)17-30-19-13-14-24-21(16-19)20-10-4-5-12-23(20)31-24/h1-16,26H,17H2,(H,28,29). The molecule has 0 spiro atoms. The van der Waals surface area contributed by atoms with E-state index in [1.54, 1.807) is 6.20 Å². The Morgan fingerprint density at radius 3 is 2.48 bits per heavy atom. The number of ether oxygens (including phenoxy) is 1. The van der Waals surface area contributed by atoms with E-state index in [0.29, 0.717) is 5.75 Å². The maximum Gasteiger partial charge on any atom is 0.258 e. The molecular weight excluding hydrogens is 388 g/mol. The summed E-state index contributed by atoms with van der Waals surface area (Å²) in [5.41, 5.74) is 3.35. The number of nitrogens with one attached hydrogen (secondary N) is 1. The zero-order chi connectivity index (χ0) is 21.0. The monoisotopic (exact) mass is 408 g/mol. The van der Waals surface area contributed by atoms with Gasteiger partial charge < -0.3 is 14.5 Å². The van der Waals surface area contributed by atoms with Crippen LogP contribution in [0.1, 0.15) is 17.3 Å². The lowest BCUT2D eigenvalue weighted by Gasteiger charge is -2.19. The fourth-order valence-corrected chi connectivity index (χ4v) is 3.67. The molecule has 2 aromatic heterocycles. The smallest absolute Gasteiger partial charge is 0.258 e. The summed E-state index contributed by atoms with van der Waals surface area (Å²) in [4.78, 5) is 17.1. The first-order valence-corrected chi connectivity index (χ1v) is 10.1. The zero-order valence-electron chi connectivity index (χ0n) is 16.7. The minimum absolute atomic E-state index is 0.0997. The van der Waals surface area contributed by atoms with E-state index >= 15 is 0 Å². The number of hydrogen-bond donors (Lipinski definition) is 1. The zero-order valence-corrected chi connectivity index (χ0v) is 16.7. The van der Waals surface area contributed by atoms with Gasteiger partial charge in [-0.3, -0.25) is 9.78 Å². The van der Waals surface area contributed by atoms with Gasteiger partial charge in [0.25, 0.3) is 5.91 Å². The van der Waals surface area contributed by atoms with Gasteiger partial charge in [0.2, 0.25) is 0 Å². The number of nitrogens with zero attached hydrogens (tertiary/aromatic N) is 1. The van der Waals surface area contributed by atoms with Crippen molar-refractivity contribution in [1.29, 1.82) is 0 Å². The van der Waals surface area contributed by atoms with Crippen LogP contribution in [0.25, 0.3) is 21.9 Å². The van der Waals surface area contributed by atoms with Crippen molar-refractivity contribution >= 4 is 27.8 Å². The predicted molar refractivity (Wildman–Crippen MR) is 120 cm³/mol. The Labute approximate surface area is 179 Å². The minimum atomic E-state index is -0.348. The quantitative estimate of drug-likeness (QED) is 0.416. The normalized spacial score (nSPS) is 12.0. The van der Waals surface area contributed by atoms with E-state index in [0.717, 1.165) is 33.2 Å². The number of aromatic nitrogens is 1. The lowest BCUT2D eigenvalue weighted by atomic mass is 10.0. The van der Waals surface area contributed by atoms with Crippen molar-refractivity contribution in [2.24, 2.45) is 0 Å². The number of rotatable bonds is 6. The number of amides is 1. The van der Waals surface area contributed by atoms with Crippen molar-refractivity contribution in [2.75, 3.05) is 6.61 Å². The van der Waals surface area contributed by atoms with E-state index in [1.165, 1.54) is 0 Å². The maximum absolute atomic E-state index is 12.7. The fraction of sp³-hybridized carbons (Fsp3) is 0.0769. The molecule has 0 aliphatic carbocycles. The molecule has 152 valence electrons. The summed E-state index contributed by atoms with van der Waals surface area (Å²) >= 11 is 0. The molecule has 0 saturated heterocycles. The third-order valence-corrected chi connectivity index (χ3v) is 5.14. The molecule has 0 saturated carbocycles. The highest BCUT2D eigenvalue weighted by atomic mass is 16.5. The average Bonchev–Trinajstić information content (AvgIpc) is 3.20.